The van der Waals surface area contributed by atoms with Crippen molar-refractivity contribution in [2.45, 2.75) is 25.4 Å². The van der Waals surface area contributed by atoms with Gasteiger partial charge in [-0.1, -0.05) is 0 Å². The Balaban J connectivity index is 1.88. The van der Waals surface area contributed by atoms with E-state index in [2.05, 4.69) is 15.6 Å². The highest BCUT2D eigenvalue weighted by atomic mass is 19.4. The lowest BCUT2D eigenvalue weighted by atomic mass is 9.96. The smallest absolute Gasteiger partial charge is 0.370 e. The van der Waals surface area contributed by atoms with E-state index in [1.54, 1.807) is 0 Å². The summed E-state index contributed by atoms with van der Waals surface area (Å²) in [6.45, 7) is 2.52. The molecule has 6 heteroatoms. The van der Waals surface area contributed by atoms with Crippen molar-refractivity contribution in [2.75, 3.05) is 25.0 Å². The van der Waals surface area contributed by atoms with Gasteiger partial charge < -0.3 is 10.6 Å². The van der Waals surface area contributed by atoms with Gasteiger partial charge in [-0.3, -0.25) is 0 Å². The summed E-state index contributed by atoms with van der Waals surface area (Å²) in [5.74, 6) is 0.470. The van der Waals surface area contributed by atoms with Crippen molar-refractivity contribution in [3.05, 3.63) is 23.9 Å². The lowest BCUT2D eigenvalue weighted by Gasteiger charge is -2.23. The molecule has 2 N–H and O–H groups in total. The van der Waals surface area contributed by atoms with Crippen LogP contribution in [-0.4, -0.2) is 24.6 Å². The van der Waals surface area contributed by atoms with Gasteiger partial charge in [-0.15, -0.1) is 0 Å². The summed E-state index contributed by atoms with van der Waals surface area (Å²) in [5, 5.41) is 6.10. The number of nitrogens with zero attached hydrogens (tertiary/aromatic N) is 1. The first kappa shape index (κ1) is 14.1. The van der Waals surface area contributed by atoms with E-state index in [-0.39, 0.29) is 5.82 Å². The summed E-state index contributed by atoms with van der Waals surface area (Å²) in [7, 11) is 0. The van der Waals surface area contributed by atoms with Crippen molar-refractivity contribution in [1.82, 2.24) is 10.3 Å². The fourth-order valence-corrected chi connectivity index (χ4v) is 2.34. The van der Waals surface area contributed by atoms with E-state index in [9.17, 15) is 13.2 Å². The first-order chi connectivity index (χ1) is 9.07. The average Bonchev–Trinajstić information content (AvgIpc) is 2.39. The molecule has 0 saturated carbocycles. The Morgan fingerprint density at radius 3 is 2.95 bits per heavy atom. The zero-order valence-electron chi connectivity index (χ0n) is 10.6. The molecule has 0 spiro atoms. The molecule has 1 aromatic rings. The molecule has 0 amide bonds. The van der Waals surface area contributed by atoms with E-state index in [1.807, 2.05) is 0 Å². The third-order valence-corrected chi connectivity index (χ3v) is 3.36. The first-order valence-corrected chi connectivity index (χ1v) is 6.54. The quantitative estimate of drug-likeness (QED) is 0.885. The van der Waals surface area contributed by atoms with Crippen molar-refractivity contribution >= 4 is 5.82 Å². The van der Waals surface area contributed by atoms with Gasteiger partial charge in [0, 0.05) is 12.7 Å². The Morgan fingerprint density at radius 1 is 1.42 bits per heavy atom. The number of hydrogen-bond donors (Lipinski definition) is 2. The van der Waals surface area contributed by atoms with E-state index in [1.165, 1.54) is 12.3 Å². The maximum atomic E-state index is 12.7. The van der Waals surface area contributed by atoms with Gasteiger partial charge in [0.25, 0.3) is 0 Å². The fourth-order valence-electron chi connectivity index (χ4n) is 2.34. The van der Waals surface area contributed by atoms with E-state index in [0.717, 1.165) is 38.4 Å². The van der Waals surface area contributed by atoms with Gasteiger partial charge in [-0.25, -0.2) is 4.98 Å². The second kappa shape index (κ2) is 6.23. The molecule has 0 radical (unpaired) electrons. The molecule has 2 rings (SSSR count). The third-order valence-electron chi connectivity index (χ3n) is 3.36. The minimum atomic E-state index is -4.36. The number of rotatable bonds is 4. The lowest BCUT2D eigenvalue weighted by Crippen LogP contribution is -2.30. The van der Waals surface area contributed by atoms with Crippen LogP contribution in [0, 0.1) is 5.92 Å². The van der Waals surface area contributed by atoms with Crippen LogP contribution in [0.1, 0.15) is 24.8 Å². The highest BCUT2D eigenvalue weighted by Crippen LogP contribution is 2.33. The van der Waals surface area contributed by atoms with E-state index >= 15 is 0 Å². The van der Waals surface area contributed by atoms with Crippen molar-refractivity contribution in [2.24, 2.45) is 5.92 Å². The predicted molar refractivity (Wildman–Crippen MR) is 67.9 cm³/mol. The van der Waals surface area contributed by atoms with Crippen LogP contribution in [0.2, 0.25) is 0 Å². The van der Waals surface area contributed by atoms with Crippen LogP contribution < -0.4 is 10.6 Å². The van der Waals surface area contributed by atoms with Gasteiger partial charge in [0.15, 0.2) is 0 Å². The second-order valence-corrected chi connectivity index (χ2v) is 4.83. The molecule has 1 unspecified atom stereocenters. The third kappa shape index (κ3) is 4.09. The Hall–Kier alpha value is -1.30. The molecule has 1 saturated heterocycles. The standard InChI is InChI=1S/C13H18F3N3/c14-13(15,16)11-4-2-7-18-12(11)19-8-5-10-3-1-6-17-9-10/h2,4,7,10,17H,1,3,5-6,8-9H2,(H,18,19). The zero-order valence-corrected chi connectivity index (χ0v) is 10.6. The Bertz CT molecular complexity index is 400. The Morgan fingerprint density at radius 2 is 2.26 bits per heavy atom. The van der Waals surface area contributed by atoms with Crippen LogP contribution >= 0.6 is 0 Å². The summed E-state index contributed by atoms with van der Waals surface area (Å²) in [6, 6.07) is 2.36. The van der Waals surface area contributed by atoms with Gasteiger partial charge >= 0.3 is 6.18 Å². The molecule has 1 aliphatic rings. The number of halogens is 3. The predicted octanol–water partition coefficient (Wildman–Crippen LogP) is 2.90. The van der Waals surface area contributed by atoms with Crippen molar-refractivity contribution in [3.8, 4) is 0 Å². The Labute approximate surface area is 110 Å². The highest BCUT2D eigenvalue weighted by molar-refractivity contribution is 5.45. The molecule has 2 heterocycles. The number of pyridine rings is 1. The average molecular weight is 273 g/mol. The maximum Gasteiger partial charge on any atom is 0.419 e. The van der Waals surface area contributed by atoms with Crippen LogP contribution in [-0.2, 0) is 6.18 Å². The molecular formula is C13H18F3N3. The van der Waals surface area contributed by atoms with Crippen LogP contribution in [0.15, 0.2) is 18.3 Å². The van der Waals surface area contributed by atoms with E-state index in [4.69, 9.17) is 0 Å². The summed E-state index contributed by atoms with van der Waals surface area (Å²) in [6.07, 6.45) is 0.161. The van der Waals surface area contributed by atoms with Crippen LogP contribution in [0.5, 0.6) is 0 Å². The molecule has 3 nitrogen and oxygen atoms in total. The molecule has 1 aliphatic heterocycles. The molecule has 0 aliphatic carbocycles. The van der Waals surface area contributed by atoms with Crippen LogP contribution in [0.4, 0.5) is 19.0 Å². The van der Waals surface area contributed by atoms with Gasteiger partial charge in [-0.05, 0) is 50.4 Å². The monoisotopic (exact) mass is 273 g/mol. The molecule has 0 bridgehead atoms. The summed E-state index contributed by atoms with van der Waals surface area (Å²) < 4.78 is 38.2. The zero-order chi connectivity index (χ0) is 13.7. The molecular weight excluding hydrogens is 255 g/mol. The molecule has 1 fully saturated rings. The van der Waals surface area contributed by atoms with Gasteiger partial charge in [0.2, 0.25) is 0 Å². The van der Waals surface area contributed by atoms with Crippen LogP contribution in [0.3, 0.4) is 0 Å². The van der Waals surface area contributed by atoms with Crippen molar-refractivity contribution < 1.29 is 13.2 Å². The van der Waals surface area contributed by atoms with E-state index in [0.29, 0.717) is 12.5 Å². The number of nitrogens with one attached hydrogen (secondary N) is 2. The Kier molecular flexibility index (Phi) is 4.63. The van der Waals surface area contributed by atoms with Crippen LogP contribution in [0.25, 0.3) is 0 Å². The molecule has 0 aromatic carbocycles. The molecule has 1 aromatic heterocycles. The summed E-state index contributed by atoms with van der Waals surface area (Å²) >= 11 is 0. The van der Waals surface area contributed by atoms with Crippen molar-refractivity contribution in [3.63, 3.8) is 0 Å². The van der Waals surface area contributed by atoms with Crippen molar-refractivity contribution in [1.29, 1.82) is 0 Å². The number of alkyl halides is 3. The number of anilines is 1. The number of aromatic nitrogens is 1. The molecule has 19 heavy (non-hydrogen) atoms. The number of hydrogen-bond acceptors (Lipinski definition) is 3. The maximum absolute atomic E-state index is 12.7. The summed E-state index contributed by atoms with van der Waals surface area (Å²) in [5.41, 5.74) is -0.697. The molecule has 1 atom stereocenters. The molecule has 106 valence electrons. The van der Waals surface area contributed by atoms with Gasteiger partial charge in [0.05, 0.1) is 5.56 Å². The van der Waals surface area contributed by atoms with Gasteiger partial charge in [0.1, 0.15) is 5.82 Å². The largest absolute Gasteiger partial charge is 0.419 e. The normalized spacial score (nSPS) is 20.3. The minimum Gasteiger partial charge on any atom is -0.370 e. The van der Waals surface area contributed by atoms with Gasteiger partial charge in [-0.2, -0.15) is 13.2 Å². The fraction of sp³-hybridized carbons (Fsp3) is 0.615. The summed E-state index contributed by atoms with van der Waals surface area (Å²) in [4.78, 5) is 3.78. The van der Waals surface area contributed by atoms with E-state index < -0.39 is 11.7 Å². The first-order valence-electron chi connectivity index (χ1n) is 6.54. The lowest BCUT2D eigenvalue weighted by molar-refractivity contribution is -0.137. The minimum absolute atomic E-state index is 0.0706. The number of piperidine rings is 1. The highest BCUT2D eigenvalue weighted by Gasteiger charge is 2.33. The second-order valence-electron chi connectivity index (χ2n) is 4.83. The topological polar surface area (TPSA) is 37.0 Å². The SMILES string of the molecule is FC(F)(F)c1cccnc1NCCC1CCCNC1.